The molecule has 1 fully saturated rings. The van der Waals surface area contributed by atoms with E-state index < -0.39 is 39.9 Å². The van der Waals surface area contributed by atoms with Crippen molar-refractivity contribution >= 4 is 55.8 Å². The summed E-state index contributed by atoms with van der Waals surface area (Å²) < 4.78 is 66.4. The number of hydrogen-bond donors (Lipinski definition) is 3. The van der Waals surface area contributed by atoms with E-state index >= 15 is 0 Å². The summed E-state index contributed by atoms with van der Waals surface area (Å²) in [6, 6.07) is 9.69. The Balaban J connectivity index is 1.62. The van der Waals surface area contributed by atoms with Gasteiger partial charge in [0.1, 0.15) is 5.69 Å². The monoisotopic (exact) mass is 612 g/mol. The first-order valence-electron chi connectivity index (χ1n) is 12.4. The van der Waals surface area contributed by atoms with Crippen LogP contribution in [0.4, 0.5) is 29.3 Å². The minimum atomic E-state index is -4.69. The van der Waals surface area contributed by atoms with Gasteiger partial charge < -0.3 is 20.4 Å². The number of alkyl halides is 3. The number of benzene rings is 2. The number of amides is 3. The summed E-state index contributed by atoms with van der Waals surface area (Å²) in [5.74, 6) is -0.509. The maximum absolute atomic E-state index is 13.6. The van der Waals surface area contributed by atoms with Gasteiger partial charge >= 0.3 is 12.2 Å². The number of anilines is 2. The van der Waals surface area contributed by atoms with E-state index in [1.807, 2.05) is 0 Å². The van der Waals surface area contributed by atoms with Crippen LogP contribution in [0.15, 0.2) is 48.5 Å². The van der Waals surface area contributed by atoms with Gasteiger partial charge in [0, 0.05) is 66.6 Å². The van der Waals surface area contributed by atoms with Crippen molar-refractivity contribution in [3.05, 3.63) is 64.8 Å². The fraction of sp³-hybridized carbons (Fsp3) is 0.346. The Hall–Kier alpha value is -3.78. The molecule has 220 valence electrons. The number of nitrogens with one attached hydrogen (secondary N) is 3. The Morgan fingerprint density at radius 2 is 1.78 bits per heavy atom. The van der Waals surface area contributed by atoms with Crippen LogP contribution in [0.25, 0.3) is 10.9 Å². The van der Waals surface area contributed by atoms with Crippen molar-refractivity contribution in [1.82, 2.24) is 20.1 Å². The molecule has 41 heavy (non-hydrogen) atoms. The Labute approximate surface area is 239 Å². The van der Waals surface area contributed by atoms with Gasteiger partial charge in [-0.25, -0.2) is 18.2 Å². The summed E-state index contributed by atoms with van der Waals surface area (Å²) in [7, 11) is -0.420. The number of rotatable bonds is 6. The molecule has 2 aromatic carbocycles. The van der Waals surface area contributed by atoms with Crippen molar-refractivity contribution in [2.24, 2.45) is 0 Å². The minimum Gasteiger partial charge on any atom is -0.380 e. The molecule has 0 spiro atoms. The van der Waals surface area contributed by atoms with Gasteiger partial charge in [-0.05, 0) is 48.9 Å². The zero-order valence-electron chi connectivity index (χ0n) is 22.3. The lowest BCUT2D eigenvalue weighted by atomic mass is 9.99. The lowest BCUT2D eigenvalue weighted by Gasteiger charge is -2.39. The summed E-state index contributed by atoms with van der Waals surface area (Å²) >= 11 is 6.13. The molecule has 10 nitrogen and oxygen atoms in total. The molecular formula is C26H28ClF3N6O4S. The number of sulfonamides is 1. The summed E-state index contributed by atoms with van der Waals surface area (Å²) in [5, 5.41) is 6.68. The number of hydrogen-bond acceptors (Lipinski definition) is 6. The average molecular weight is 613 g/mol. The number of halogens is 4. The lowest BCUT2D eigenvalue weighted by molar-refractivity contribution is -0.140. The molecule has 2 atom stereocenters. The molecule has 2 heterocycles. The number of likely N-dealkylation sites (tertiary alicyclic amines) is 1. The zero-order chi connectivity index (χ0) is 30.1. The van der Waals surface area contributed by atoms with Gasteiger partial charge in [0.2, 0.25) is 10.0 Å². The molecule has 1 aliphatic rings. The molecular weight excluding hydrogens is 585 g/mol. The lowest BCUT2D eigenvalue weighted by Crippen LogP contribution is -2.57. The van der Waals surface area contributed by atoms with Gasteiger partial charge in [0.05, 0.1) is 11.8 Å². The molecule has 1 aliphatic heterocycles. The van der Waals surface area contributed by atoms with E-state index in [1.165, 1.54) is 52.3 Å². The highest BCUT2D eigenvalue weighted by atomic mass is 35.5. The van der Waals surface area contributed by atoms with Crippen LogP contribution in [0.5, 0.6) is 0 Å². The zero-order valence-corrected chi connectivity index (χ0v) is 23.9. The molecule has 1 saturated heterocycles. The smallest absolute Gasteiger partial charge is 0.380 e. The predicted octanol–water partition coefficient (Wildman–Crippen LogP) is 4.24. The summed E-state index contributed by atoms with van der Waals surface area (Å²) in [6.45, 7) is 0.307. The van der Waals surface area contributed by atoms with Crippen molar-refractivity contribution in [3.63, 3.8) is 0 Å². The van der Waals surface area contributed by atoms with Crippen LogP contribution in [0, 0.1) is 0 Å². The highest BCUT2D eigenvalue weighted by Gasteiger charge is 2.35. The van der Waals surface area contributed by atoms with Gasteiger partial charge in [-0.2, -0.15) is 13.2 Å². The second-order valence-electron chi connectivity index (χ2n) is 10.00. The van der Waals surface area contributed by atoms with Gasteiger partial charge in [-0.15, -0.1) is 0 Å². The standard InChI is InChI=1S/C26H28ClF3N6O4S/c1-35(2)25(38)36-13-18(31-22-12-23(26(28,29)30)33-21-8-7-16(27)10-20(21)22)11-19(14-36)32-24(37)15-5-4-6-17(9-15)34-41(3,39)40/h4-10,12,18-19,34H,11,13-14H2,1-3H3,(H,31,33)(H,32,37)/t18-,19+/m1/s1. The molecule has 0 aliphatic carbocycles. The number of urea groups is 1. The summed E-state index contributed by atoms with van der Waals surface area (Å²) in [4.78, 5) is 32.6. The number of carbonyl (C=O) groups is 2. The number of fused-ring (bicyclic) bond motifs is 1. The number of nitrogens with zero attached hydrogens (tertiary/aromatic N) is 3. The van der Waals surface area contributed by atoms with E-state index in [0.717, 1.165) is 12.3 Å². The quantitative estimate of drug-likeness (QED) is 0.383. The third kappa shape index (κ3) is 7.70. The second-order valence-corrected chi connectivity index (χ2v) is 12.2. The average Bonchev–Trinajstić information content (AvgIpc) is 2.86. The molecule has 0 radical (unpaired) electrons. The van der Waals surface area contributed by atoms with Crippen LogP contribution in [0.1, 0.15) is 22.5 Å². The number of aromatic nitrogens is 1. The SMILES string of the molecule is CN(C)C(=O)N1C[C@@H](NC(=O)c2cccc(NS(C)(=O)=O)c2)C[C@@H](Nc2cc(C(F)(F)F)nc3ccc(Cl)cc23)C1. The molecule has 0 unspecified atom stereocenters. The second kappa shape index (κ2) is 11.6. The first kappa shape index (κ1) is 30.2. The maximum Gasteiger partial charge on any atom is 0.433 e. The molecule has 0 saturated carbocycles. The molecule has 0 bridgehead atoms. The van der Waals surface area contributed by atoms with E-state index in [1.54, 1.807) is 14.1 Å². The van der Waals surface area contributed by atoms with Gasteiger partial charge in [0.25, 0.3) is 5.91 Å². The largest absolute Gasteiger partial charge is 0.433 e. The molecule has 3 N–H and O–H groups in total. The molecule has 3 aromatic rings. The van der Waals surface area contributed by atoms with Crippen LogP contribution in [-0.4, -0.2) is 80.7 Å². The van der Waals surface area contributed by atoms with Crippen molar-refractivity contribution in [2.75, 3.05) is 43.5 Å². The summed E-state index contributed by atoms with van der Waals surface area (Å²) in [6.07, 6.45) is -3.43. The Bertz CT molecular complexity index is 1590. The van der Waals surface area contributed by atoms with Crippen LogP contribution in [0.3, 0.4) is 0 Å². The Morgan fingerprint density at radius 3 is 2.44 bits per heavy atom. The van der Waals surface area contributed by atoms with Crippen LogP contribution >= 0.6 is 11.6 Å². The van der Waals surface area contributed by atoms with E-state index in [2.05, 4.69) is 20.3 Å². The van der Waals surface area contributed by atoms with Gasteiger partial charge in [-0.1, -0.05) is 17.7 Å². The number of pyridine rings is 1. The Morgan fingerprint density at radius 1 is 1.07 bits per heavy atom. The number of carbonyl (C=O) groups excluding carboxylic acids is 2. The van der Waals surface area contributed by atoms with Gasteiger partial charge in [-0.3, -0.25) is 9.52 Å². The van der Waals surface area contributed by atoms with E-state index in [9.17, 15) is 31.2 Å². The molecule has 3 amide bonds. The maximum atomic E-state index is 13.6. The highest BCUT2D eigenvalue weighted by molar-refractivity contribution is 7.92. The van der Waals surface area contributed by atoms with Crippen LogP contribution in [-0.2, 0) is 16.2 Å². The van der Waals surface area contributed by atoms with Gasteiger partial charge in [0.15, 0.2) is 0 Å². The Kier molecular flexibility index (Phi) is 8.54. The highest BCUT2D eigenvalue weighted by Crippen LogP contribution is 2.35. The predicted molar refractivity (Wildman–Crippen MR) is 151 cm³/mol. The van der Waals surface area contributed by atoms with E-state index in [0.29, 0.717) is 10.4 Å². The van der Waals surface area contributed by atoms with E-state index in [-0.39, 0.29) is 48.0 Å². The first-order valence-corrected chi connectivity index (χ1v) is 14.6. The van der Waals surface area contributed by atoms with Crippen molar-refractivity contribution in [2.45, 2.75) is 24.7 Å². The van der Waals surface area contributed by atoms with Crippen LogP contribution < -0.4 is 15.4 Å². The van der Waals surface area contributed by atoms with Crippen LogP contribution in [0.2, 0.25) is 5.02 Å². The summed E-state index contributed by atoms with van der Waals surface area (Å²) in [5.41, 5.74) is -0.464. The molecule has 1 aromatic heterocycles. The normalized spacial score (nSPS) is 17.7. The van der Waals surface area contributed by atoms with E-state index in [4.69, 9.17) is 11.6 Å². The fourth-order valence-electron chi connectivity index (χ4n) is 4.64. The third-order valence-electron chi connectivity index (χ3n) is 6.29. The number of piperidine rings is 1. The minimum absolute atomic E-state index is 0.0937. The molecule has 15 heteroatoms. The first-order chi connectivity index (χ1) is 19.1. The van der Waals surface area contributed by atoms with Crippen molar-refractivity contribution in [3.8, 4) is 0 Å². The third-order valence-corrected chi connectivity index (χ3v) is 7.13. The fourth-order valence-corrected chi connectivity index (χ4v) is 5.36. The van der Waals surface area contributed by atoms with Crippen molar-refractivity contribution < 1.29 is 31.2 Å². The topological polar surface area (TPSA) is 124 Å². The van der Waals surface area contributed by atoms with Crippen molar-refractivity contribution in [1.29, 1.82) is 0 Å². The molecule has 4 rings (SSSR count).